The standard InChI is InChI=1S/C24H27N3O6/c1-6-11-27-23(29)20(15-7-9-16(10-8-15)25-14(2)28)21(24(27)30)26-17-12-18(31-3)22(33-5)19(13-17)32-4/h7-10,12-13,26H,6,11H2,1-5H3,(H,25,28). The van der Waals surface area contributed by atoms with Gasteiger partial charge >= 0.3 is 0 Å². The molecule has 9 nitrogen and oxygen atoms in total. The maximum atomic E-state index is 13.2. The number of amides is 3. The molecule has 174 valence electrons. The number of benzene rings is 2. The van der Waals surface area contributed by atoms with Crippen LogP contribution in [0.4, 0.5) is 11.4 Å². The van der Waals surface area contributed by atoms with E-state index in [0.29, 0.717) is 47.2 Å². The molecule has 9 heteroatoms. The molecule has 0 spiro atoms. The highest BCUT2D eigenvalue weighted by Gasteiger charge is 2.38. The smallest absolute Gasteiger partial charge is 0.278 e. The molecule has 0 saturated heterocycles. The summed E-state index contributed by atoms with van der Waals surface area (Å²) in [5.74, 6) is 0.218. The second-order valence-corrected chi connectivity index (χ2v) is 7.31. The number of nitrogens with zero attached hydrogens (tertiary/aromatic N) is 1. The minimum Gasteiger partial charge on any atom is -0.493 e. The van der Waals surface area contributed by atoms with Crippen LogP contribution in [0.25, 0.3) is 5.57 Å². The zero-order valence-corrected chi connectivity index (χ0v) is 19.3. The van der Waals surface area contributed by atoms with Gasteiger partial charge in [0.05, 0.1) is 26.9 Å². The van der Waals surface area contributed by atoms with E-state index in [0.717, 1.165) is 0 Å². The van der Waals surface area contributed by atoms with Gasteiger partial charge in [-0.05, 0) is 24.1 Å². The normalized spacial score (nSPS) is 13.3. The Morgan fingerprint density at radius 2 is 1.52 bits per heavy atom. The first kappa shape index (κ1) is 23.6. The average Bonchev–Trinajstić information content (AvgIpc) is 3.03. The molecule has 0 aromatic heterocycles. The zero-order chi connectivity index (χ0) is 24.1. The third-order valence-electron chi connectivity index (χ3n) is 5.04. The number of carbonyl (C=O) groups is 3. The van der Waals surface area contributed by atoms with Crippen LogP contribution < -0.4 is 24.8 Å². The number of hydrogen-bond acceptors (Lipinski definition) is 7. The van der Waals surface area contributed by atoms with Crippen LogP contribution >= 0.6 is 0 Å². The number of anilines is 2. The lowest BCUT2D eigenvalue weighted by Crippen LogP contribution is -2.33. The molecule has 0 saturated carbocycles. The third-order valence-corrected chi connectivity index (χ3v) is 5.04. The number of methoxy groups -OCH3 is 3. The van der Waals surface area contributed by atoms with Crippen molar-refractivity contribution in [1.29, 1.82) is 0 Å². The molecule has 0 aliphatic carbocycles. The van der Waals surface area contributed by atoms with E-state index in [1.54, 1.807) is 36.4 Å². The molecule has 2 N–H and O–H groups in total. The molecular weight excluding hydrogens is 426 g/mol. The van der Waals surface area contributed by atoms with Crippen LogP contribution in [0.2, 0.25) is 0 Å². The predicted molar refractivity (Wildman–Crippen MR) is 124 cm³/mol. The molecule has 0 bridgehead atoms. The van der Waals surface area contributed by atoms with Gasteiger partial charge in [-0.15, -0.1) is 0 Å². The molecule has 0 unspecified atom stereocenters. The van der Waals surface area contributed by atoms with Crippen LogP contribution in [0.5, 0.6) is 17.2 Å². The first-order valence-corrected chi connectivity index (χ1v) is 10.4. The maximum Gasteiger partial charge on any atom is 0.278 e. The maximum absolute atomic E-state index is 13.2. The predicted octanol–water partition coefficient (Wildman–Crippen LogP) is 3.27. The van der Waals surface area contributed by atoms with E-state index in [9.17, 15) is 14.4 Å². The van der Waals surface area contributed by atoms with E-state index < -0.39 is 5.91 Å². The molecule has 0 fully saturated rings. The summed E-state index contributed by atoms with van der Waals surface area (Å²) in [6.45, 7) is 3.61. The van der Waals surface area contributed by atoms with E-state index in [1.807, 2.05) is 6.92 Å². The van der Waals surface area contributed by atoms with Crippen LogP contribution in [-0.2, 0) is 14.4 Å². The number of imide groups is 1. The Hall–Kier alpha value is -4.01. The summed E-state index contributed by atoms with van der Waals surface area (Å²) >= 11 is 0. The number of ether oxygens (including phenoxy) is 3. The fraction of sp³-hybridized carbons (Fsp3) is 0.292. The van der Waals surface area contributed by atoms with Gasteiger partial charge in [-0.3, -0.25) is 19.3 Å². The quantitative estimate of drug-likeness (QED) is 0.561. The van der Waals surface area contributed by atoms with Crippen molar-refractivity contribution in [2.75, 3.05) is 38.5 Å². The molecule has 3 rings (SSSR count). The summed E-state index contributed by atoms with van der Waals surface area (Å²) in [7, 11) is 4.49. The first-order valence-electron chi connectivity index (χ1n) is 10.4. The molecule has 0 atom stereocenters. The molecule has 2 aromatic rings. The Kier molecular flexibility index (Phi) is 7.22. The van der Waals surface area contributed by atoms with E-state index in [-0.39, 0.29) is 23.1 Å². The number of hydrogen-bond donors (Lipinski definition) is 2. The van der Waals surface area contributed by atoms with Gasteiger partial charge in [0.25, 0.3) is 11.8 Å². The Balaban J connectivity index is 2.08. The van der Waals surface area contributed by atoms with Crippen LogP contribution in [0.3, 0.4) is 0 Å². The highest BCUT2D eigenvalue weighted by Crippen LogP contribution is 2.41. The van der Waals surface area contributed by atoms with Gasteiger partial charge in [0.1, 0.15) is 5.70 Å². The fourth-order valence-corrected chi connectivity index (χ4v) is 3.61. The second kappa shape index (κ2) is 10.1. The van der Waals surface area contributed by atoms with Crippen molar-refractivity contribution in [2.24, 2.45) is 0 Å². The third kappa shape index (κ3) is 4.77. The van der Waals surface area contributed by atoms with Gasteiger partial charge in [0.2, 0.25) is 11.7 Å². The molecular formula is C24H27N3O6. The van der Waals surface area contributed by atoms with E-state index in [2.05, 4.69) is 10.6 Å². The van der Waals surface area contributed by atoms with Gasteiger partial charge in [0, 0.05) is 37.0 Å². The summed E-state index contributed by atoms with van der Waals surface area (Å²) in [6.07, 6.45) is 0.629. The highest BCUT2D eigenvalue weighted by molar-refractivity contribution is 6.36. The van der Waals surface area contributed by atoms with Crippen LogP contribution in [-0.4, -0.2) is 50.5 Å². The Morgan fingerprint density at radius 3 is 2.00 bits per heavy atom. The van der Waals surface area contributed by atoms with E-state index >= 15 is 0 Å². The van der Waals surface area contributed by atoms with Crippen molar-refractivity contribution in [3.63, 3.8) is 0 Å². The van der Waals surface area contributed by atoms with Crippen LogP contribution in [0, 0.1) is 0 Å². The summed E-state index contributed by atoms with van der Waals surface area (Å²) in [6, 6.07) is 10.1. The first-order chi connectivity index (χ1) is 15.8. The van der Waals surface area contributed by atoms with Crippen molar-refractivity contribution in [1.82, 2.24) is 4.90 Å². The highest BCUT2D eigenvalue weighted by atomic mass is 16.5. The molecule has 0 radical (unpaired) electrons. The molecule has 2 aromatic carbocycles. The Bertz CT molecular complexity index is 1080. The van der Waals surface area contributed by atoms with E-state index in [4.69, 9.17) is 14.2 Å². The van der Waals surface area contributed by atoms with Crippen molar-refractivity contribution >= 4 is 34.7 Å². The second-order valence-electron chi connectivity index (χ2n) is 7.31. The lowest BCUT2D eigenvalue weighted by atomic mass is 10.0. The number of rotatable bonds is 9. The fourth-order valence-electron chi connectivity index (χ4n) is 3.61. The Morgan fingerprint density at radius 1 is 0.909 bits per heavy atom. The SMILES string of the molecule is CCCN1C(=O)C(Nc2cc(OC)c(OC)c(OC)c2)=C(c2ccc(NC(C)=O)cc2)C1=O. The van der Waals surface area contributed by atoms with Crippen molar-refractivity contribution in [3.05, 3.63) is 47.7 Å². The minimum absolute atomic E-state index is 0.148. The van der Waals surface area contributed by atoms with E-state index in [1.165, 1.54) is 33.2 Å². The molecule has 1 aliphatic rings. The molecule has 1 aliphatic heterocycles. The van der Waals surface area contributed by atoms with Crippen molar-refractivity contribution in [3.8, 4) is 17.2 Å². The van der Waals surface area contributed by atoms with Gasteiger partial charge in [-0.25, -0.2) is 0 Å². The van der Waals surface area contributed by atoms with Gasteiger partial charge in [-0.1, -0.05) is 19.1 Å². The largest absolute Gasteiger partial charge is 0.493 e. The van der Waals surface area contributed by atoms with Gasteiger partial charge in [0.15, 0.2) is 11.5 Å². The molecule has 33 heavy (non-hydrogen) atoms. The van der Waals surface area contributed by atoms with Crippen molar-refractivity contribution in [2.45, 2.75) is 20.3 Å². The summed E-state index contributed by atoms with van der Waals surface area (Å²) in [4.78, 5) is 38.9. The van der Waals surface area contributed by atoms with Crippen LogP contribution in [0.15, 0.2) is 42.1 Å². The molecule has 3 amide bonds. The van der Waals surface area contributed by atoms with Gasteiger partial charge < -0.3 is 24.8 Å². The number of nitrogens with one attached hydrogen (secondary N) is 2. The van der Waals surface area contributed by atoms with Crippen molar-refractivity contribution < 1.29 is 28.6 Å². The summed E-state index contributed by atoms with van der Waals surface area (Å²) in [5.41, 5.74) is 2.03. The van der Waals surface area contributed by atoms with Gasteiger partial charge in [-0.2, -0.15) is 0 Å². The number of carbonyl (C=O) groups excluding carboxylic acids is 3. The lowest BCUT2D eigenvalue weighted by molar-refractivity contribution is -0.136. The molecule has 1 heterocycles. The van der Waals surface area contributed by atoms with Crippen LogP contribution in [0.1, 0.15) is 25.8 Å². The summed E-state index contributed by atoms with van der Waals surface area (Å²) < 4.78 is 16.1. The Labute approximate surface area is 192 Å². The zero-order valence-electron chi connectivity index (χ0n) is 19.3. The average molecular weight is 453 g/mol. The minimum atomic E-state index is -0.420. The monoisotopic (exact) mass is 453 g/mol. The lowest BCUT2D eigenvalue weighted by Gasteiger charge is -2.16. The summed E-state index contributed by atoms with van der Waals surface area (Å²) in [5, 5.41) is 5.77. The topological polar surface area (TPSA) is 106 Å².